The third-order valence-electron chi connectivity index (χ3n) is 1.73. The monoisotopic (exact) mass is 260 g/mol. The van der Waals surface area contributed by atoms with Gasteiger partial charge in [0.1, 0.15) is 0 Å². The third-order valence-corrected chi connectivity index (χ3v) is 2.29. The quantitative estimate of drug-likeness (QED) is 0.844. The van der Waals surface area contributed by atoms with E-state index in [2.05, 4.69) is 0 Å². The molecule has 1 rings (SSSR count). The number of carboxylic acid groups (broad SMARTS) is 1. The highest BCUT2D eigenvalue weighted by atomic mass is 35.5. The maximum absolute atomic E-state index is 10.3. The minimum absolute atomic E-state index is 0.361. The second-order valence-electron chi connectivity index (χ2n) is 2.92. The largest absolute Gasteiger partial charge is 0.491 e. The summed E-state index contributed by atoms with van der Waals surface area (Å²) in [5.74, 6) is -0.612. The Labute approximate surface area is 103 Å². The topological polar surface area (TPSA) is 46.5 Å². The van der Waals surface area contributed by atoms with Gasteiger partial charge in [0.05, 0.1) is 16.7 Å². The van der Waals surface area contributed by atoms with Gasteiger partial charge in [0.2, 0.25) is 0 Å². The Balaban J connectivity index is 3.04. The van der Waals surface area contributed by atoms with Gasteiger partial charge in [-0.15, -0.1) is 0 Å². The summed E-state index contributed by atoms with van der Waals surface area (Å²) >= 11 is 11.9. The van der Waals surface area contributed by atoms with Gasteiger partial charge in [-0.1, -0.05) is 23.2 Å². The summed E-state index contributed by atoms with van der Waals surface area (Å²) in [5.41, 5.74) is 0.612. The van der Waals surface area contributed by atoms with Gasteiger partial charge in [0.15, 0.2) is 5.75 Å². The van der Waals surface area contributed by atoms with Crippen LogP contribution in [0.1, 0.15) is 12.5 Å². The van der Waals surface area contributed by atoms with E-state index in [1.165, 1.54) is 6.08 Å². The van der Waals surface area contributed by atoms with E-state index in [1.807, 2.05) is 6.92 Å². The molecule has 0 fully saturated rings. The van der Waals surface area contributed by atoms with Crippen molar-refractivity contribution in [3.05, 3.63) is 33.8 Å². The molecule has 86 valence electrons. The molecule has 0 aromatic heterocycles. The number of halogens is 2. The number of carbonyl (C=O) groups is 1. The van der Waals surface area contributed by atoms with Crippen LogP contribution < -0.4 is 4.74 Å². The maximum Gasteiger partial charge on any atom is 0.328 e. The van der Waals surface area contributed by atoms with Crippen molar-refractivity contribution in [2.45, 2.75) is 6.92 Å². The van der Waals surface area contributed by atoms with E-state index in [-0.39, 0.29) is 0 Å². The molecule has 0 bridgehead atoms. The van der Waals surface area contributed by atoms with Gasteiger partial charge in [-0.3, -0.25) is 0 Å². The first-order valence-electron chi connectivity index (χ1n) is 4.57. The smallest absolute Gasteiger partial charge is 0.328 e. The number of hydrogen-bond donors (Lipinski definition) is 1. The number of aliphatic carboxylic acids is 1. The fraction of sp³-hybridized carbons (Fsp3) is 0.182. The standard InChI is InChI=1S/C11H10Cl2O3/c1-2-16-11-8(12)5-7(6-9(11)13)3-4-10(14)15/h3-6H,2H2,1H3,(H,14,15)/b4-3+. The van der Waals surface area contributed by atoms with Crippen molar-refractivity contribution in [3.63, 3.8) is 0 Å². The number of benzene rings is 1. The zero-order valence-corrected chi connectivity index (χ0v) is 10.0. The number of carboxylic acids is 1. The van der Waals surface area contributed by atoms with E-state index in [9.17, 15) is 4.79 Å². The van der Waals surface area contributed by atoms with E-state index in [1.54, 1.807) is 12.1 Å². The van der Waals surface area contributed by atoms with Gasteiger partial charge in [-0.05, 0) is 30.7 Å². The molecule has 0 aliphatic carbocycles. The molecular formula is C11H10Cl2O3. The van der Waals surface area contributed by atoms with Crippen LogP contribution >= 0.6 is 23.2 Å². The summed E-state index contributed by atoms with van der Waals surface area (Å²) in [7, 11) is 0. The van der Waals surface area contributed by atoms with E-state index in [0.717, 1.165) is 6.08 Å². The Morgan fingerprint density at radius 3 is 2.44 bits per heavy atom. The Morgan fingerprint density at radius 1 is 1.44 bits per heavy atom. The van der Waals surface area contributed by atoms with Crippen molar-refractivity contribution >= 4 is 35.2 Å². The SMILES string of the molecule is CCOc1c(Cl)cc(/C=C/C(=O)O)cc1Cl. The molecule has 0 saturated carbocycles. The molecule has 0 aliphatic rings. The lowest BCUT2D eigenvalue weighted by Crippen LogP contribution is -1.93. The van der Waals surface area contributed by atoms with Gasteiger partial charge in [-0.2, -0.15) is 0 Å². The van der Waals surface area contributed by atoms with Gasteiger partial charge < -0.3 is 9.84 Å². The number of ether oxygens (including phenoxy) is 1. The molecule has 0 atom stereocenters. The normalized spacial score (nSPS) is 10.7. The second-order valence-corrected chi connectivity index (χ2v) is 3.73. The molecule has 0 spiro atoms. The lowest BCUT2D eigenvalue weighted by Gasteiger charge is -2.08. The average molecular weight is 261 g/mol. The van der Waals surface area contributed by atoms with Crippen molar-refractivity contribution in [1.29, 1.82) is 0 Å². The lowest BCUT2D eigenvalue weighted by atomic mass is 10.2. The molecule has 16 heavy (non-hydrogen) atoms. The molecule has 0 saturated heterocycles. The highest BCUT2D eigenvalue weighted by Crippen LogP contribution is 2.34. The van der Waals surface area contributed by atoms with Crippen LogP contribution in [-0.2, 0) is 4.79 Å². The summed E-state index contributed by atoms with van der Waals surface area (Å²) in [6.45, 7) is 2.29. The highest BCUT2D eigenvalue weighted by Gasteiger charge is 2.08. The Kier molecular flexibility index (Phi) is 4.65. The van der Waals surface area contributed by atoms with Crippen LogP contribution in [0, 0.1) is 0 Å². The first-order valence-corrected chi connectivity index (χ1v) is 5.33. The molecule has 5 heteroatoms. The average Bonchev–Trinajstić information content (AvgIpc) is 2.20. The van der Waals surface area contributed by atoms with Gasteiger partial charge in [0, 0.05) is 6.08 Å². The molecule has 3 nitrogen and oxygen atoms in total. The van der Waals surface area contributed by atoms with Crippen LogP contribution in [0.25, 0.3) is 6.08 Å². The van der Waals surface area contributed by atoms with Gasteiger partial charge >= 0.3 is 5.97 Å². The van der Waals surface area contributed by atoms with Crippen LogP contribution in [0.5, 0.6) is 5.75 Å². The van der Waals surface area contributed by atoms with Gasteiger partial charge in [-0.25, -0.2) is 4.79 Å². The van der Waals surface area contributed by atoms with Crippen LogP contribution in [0.4, 0.5) is 0 Å². The zero-order valence-electron chi connectivity index (χ0n) is 8.54. The van der Waals surface area contributed by atoms with Crippen molar-refractivity contribution in [3.8, 4) is 5.75 Å². The van der Waals surface area contributed by atoms with Crippen molar-refractivity contribution in [2.24, 2.45) is 0 Å². The highest BCUT2D eigenvalue weighted by molar-refractivity contribution is 6.37. The first-order chi connectivity index (χ1) is 7.54. The number of hydrogen-bond acceptors (Lipinski definition) is 2. The Bertz CT molecular complexity index is 404. The molecule has 0 radical (unpaired) electrons. The predicted octanol–water partition coefficient (Wildman–Crippen LogP) is 3.49. The predicted molar refractivity (Wildman–Crippen MR) is 64.3 cm³/mol. The summed E-state index contributed by atoms with van der Waals surface area (Å²) in [4.78, 5) is 10.3. The Morgan fingerprint density at radius 2 is 2.00 bits per heavy atom. The molecule has 1 aromatic carbocycles. The molecule has 1 N–H and O–H groups in total. The van der Waals surface area contributed by atoms with E-state index >= 15 is 0 Å². The van der Waals surface area contributed by atoms with Gasteiger partial charge in [0.25, 0.3) is 0 Å². The van der Waals surface area contributed by atoms with Crippen LogP contribution in [0.15, 0.2) is 18.2 Å². The summed E-state index contributed by atoms with van der Waals surface area (Å²) < 4.78 is 5.24. The molecule has 0 unspecified atom stereocenters. The van der Waals surface area contributed by atoms with Crippen molar-refractivity contribution < 1.29 is 14.6 Å². The summed E-state index contributed by atoms with van der Waals surface area (Å²) in [6.07, 6.45) is 2.43. The van der Waals surface area contributed by atoms with E-state index in [4.69, 9.17) is 33.0 Å². The zero-order chi connectivity index (χ0) is 12.1. The molecule has 0 aliphatic heterocycles. The fourth-order valence-corrected chi connectivity index (χ4v) is 1.74. The summed E-state index contributed by atoms with van der Waals surface area (Å²) in [6, 6.07) is 3.19. The minimum atomic E-state index is -1.03. The summed E-state index contributed by atoms with van der Waals surface area (Å²) in [5, 5.41) is 9.20. The van der Waals surface area contributed by atoms with Crippen LogP contribution in [0.2, 0.25) is 10.0 Å². The van der Waals surface area contributed by atoms with Crippen LogP contribution in [0.3, 0.4) is 0 Å². The van der Waals surface area contributed by atoms with Crippen LogP contribution in [-0.4, -0.2) is 17.7 Å². The third kappa shape index (κ3) is 3.43. The number of rotatable bonds is 4. The Hall–Kier alpha value is -1.19. The van der Waals surface area contributed by atoms with Crippen molar-refractivity contribution in [1.82, 2.24) is 0 Å². The maximum atomic E-state index is 10.3. The van der Waals surface area contributed by atoms with Crippen molar-refractivity contribution in [2.75, 3.05) is 6.61 Å². The first kappa shape index (κ1) is 12.9. The van der Waals surface area contributed by atoms with E-state index < -0.39 is 5.97 Å². The van der Waals surface area contributed by atoms with E-state index in [0.29, 0.717) is 28.0 Å². The minimum Gasteiger partial charge on any atom is -0.491 e. The second kappa shape index (κ2) is 5.77. The fourth-order valence-electron chi connectivity index (χ4n) is 1.13. The molecule has 0 amide bonds. The molecular weight excluding hydrogens is 251 g/mol. The molecule has 0 heterocycles. The lowest BCUT2D eigenvalue weighted by molar-refractivity contribution is -0.131. The molecule has 1 aromatic rings.